The molecular formula is C13H16BrN3O. The standard InChI is InChI=1S/C13H16BrN3O/c1-4-18-10-6-5-9(7-8(10)2)12-11(14)13(15)17(3)16-12/h5-7H,4,15H2,1-3H3. The van der Waals surface area contributed by atoms with E-state index in [9.17, 15) is 0 Å². The summed E-state index contributed by atoms with van der Waals surface area (Å²) in [5, 5.41) is 4.40. The first-order valence-corrected chi connectivity index (χ1v) is 6.55. The van der Waals surface area contributed by atoms with Crippen LogP contribution in [0.4, 0.5) is 5.82 Å². The normalized spacial score (nSPS) is 10.7. The number of hydrogen-bond acceptors (Lipinski definition) is 3. The molecule has 0 atom stereocenters. The van der Waals surface area contributed by atoms with Crippen LogP contribution in [0, 0.1) is 6.92 Å². The zero-order chi connectivity index (χ0) is 13.3. The Labute approximate surface area is 115 Å². The van der Waals surface area contributed by atoms with Gasteiger partial charge in [0.05, 0.1) is 11.1 Å². The summed E-state index contributed by atoms with van der Waals surface area (Å²) < 4.78 is 8.01. The fourth-order valence-electron chi connectivity index (χ4n) is 1.81. The van der Waals surface area contributed by atoms with Crippen molar-refractivity contribution in [3.8, 4) is 17.0 Å². The summed E-state index contributed by atoms with van der Waals surface area (Å²) in [4.78, 5) is 0. The van der Waals surface area contributed by atoms with Crippen molar-refractivity contribution in [3.05, 3.63) is 28.2 Å². The maximum atomic E-state index is 5.88. The van der Waals surface area contributed by atoms with E-state index in [1.165, 1.54) is 0 Å². The van der Waals surface area contributed by atoms with Crippen LogP contribution in [0.2, 0.25) is 0 Å². The van der Waals surface area contributed by atoms with Gasteiger partial charge in [0, 0.05) is 12.6 Å². The molecule has 0 bridgehead atoms. The van der Waals surface area contributed by atoms with Gasteiger partial charge in [-0.05, 0) is 53.5 Å². The molecule has 0 saturated heterocycles. The molecule has 0 aliphatic rings. The fourth-order valence-corrected chi connectivity index (χ4v) is 2.37. The summed E-state index contributed by atoms with van der Waals surface area (Å²) in [6, 6.07) is 6.01. The predicted molar refractivity (Wildman–Crippen MR) is 76.7 cm³/mol. The molecule has 1 heterocycles. The van der Waals surface area contributed by atoms with Crippen LogP contribution in [0.25, 0.3) is 11.3 Å². The van der Waals surface area contributed by atoms with Gasteiger partial charge in [0.1, 0.15) is 17.3 Å². The molecule has 1 aromatic carbocycles. The van der Waals surface area contributed by atoms with Crippen LogP contribution in [0.5, 0.6) is 5.75 Å². The molecule has 0 radical (unpaired) electrons. The highest BCUT2D eigenvalue weighted by Crippen LogP contribution is 2.33. The molecule has 0 saturated carbocycles. The predicted octanol–water partition coefficient (Wildman–Crippen LogP) is 3.14. The molecular weight excluding hydrogens is 294 g/mol. The zero-order valence-corrected chi connectivity index (χ0v) is 12.3. The third-order valence-electron chi connectivity index (χ3n) is 2.78. The van der Waals surface area contributed by atoms with Crippen molar-refractivity contribution >= 4 is 21.7 Å². The first kappa shape index (κ1) is 13.0. The number of anilines is 1. The molecule has 18 heavy (non-hydrogen) atoms. The van der Waals surface area contributed by atoms with Gasteiger partial charge in [0.15, 0.2) is 0 Å². The summed E-state index contributed by atoms with van der Waals surface area (Å²) >= 11 is 3.47. The van der Waals surface area contributed by atoms with E-state index in [1.807, 2.05) is 33.0 Å². The Morgan fingerprint density at radius 3 is 2.67 bits per heavy atom. The maximum Gasteiger partial charge on any atom is 0.136 e. The van der Waals surface area contributed by atoms with Crippen molar-refractivity contribution in [2.45, 2.75) is 13.8 Å². The Bertz CT molecular complexity index is 578. The van der Waals surface area contributed by atoms with Gasteiger partial charge in [-0.3, -0.25) is 4.68 Å². The van der Waals surface area contributed by atoms with Crippen LogP contribution in [0.15, 0.2) is 22.7 Å². The third kappa shape index (κ3) is 2.22. The van der Waals surface area contributed by atoms with E-state index in [4.69, 9.17) is 10.5 Å². The minimum atomic E-state index is 0.622. The number of rotatable bonds is 3. The second kappa shape index (κ2) is 5.02. The lowest BCUT2D eigenvalue weighted by Gasteiger charge is -2.08. The molecule has 2 aromatic rings. The van der Waals surface area contributed by atoms with Crippen LogP contribution in [-0.2, 0) is 7.05 Å². The zero-order valence-electron chi connectivity index (χ0n) is 10.7. The van der Waals surface area contributed by atoms with E-state index in [-0.39, 0.29) is 0 Å². The van der Waals surface area contributed by atoms with Gasteiger partial charge >= 0.3 is 0 Å². The fraction of sp³-hybridized carbons (Fsp3) is 0.308. The second-order valence-electron chi connectivity index (χ2n) is 4.08. The number of hydrogen-bond donors (Lipinski definition) is 1. The summed E-state index contributed by atoms with van der Waals surface area (Å²) in [5.41, 5.74) is 8.84. The molecule has 1 aromatic heterocycles. The number of nitrogens with zero attached hydrogens (tertiary/aromatic N) is 2. The molecule has 96 valence electrons. The van der Waals surface area contributed by atoms with E-state index in [1.54, 1.807) is 4.68 Å². The van der Waals surface area contributed by atoms with E-state index in [0.717, 1.165) is 27.0 Å². The molecule has 0 unspecified atom stereocenters. The number of aryl methyl sites for hydroxylation is 2. The average Bonchev–Trinajstić information content (AvgIpc) is 2.60. The minimum absolute atomic E-state index is 0.622. The number of nitrogens with two attached hydrogens (primary N) is 1. The van der Waals surface area contributed by atoms with Gasteiger partial charge in [-0.25, -0.2) is 0 Å². The first-order chi connectivity index (χ1) is 8.54. The molecule has 4 nitrogen and oxygen atoms in total. The topological polar surface area (TPSA) is 53.1 Å². The van der Waals surface area contributed by atoms with E-state index in [0.29, 0.717) is 12.4 Å². The van der Waals surface area contributed by atoms with Crippen molar-refractivity contribution in [1.82, 2.24) is 9.78 Å². The van der Waals surface area contributed by atoms with Gasteiger partial charge in [-0.15, -0.1) is 0 Å². The van der Waals surface area contributed by atoms with Gasteiger partial charge in [-0.1, -0.05) is 0 Å². The summed E-state index contributed by atoms with van der Waals surface area (Å²) in [7, 11) is 1.82. The highest BCUT2D eigenvalue weighted by Gasteiger charge is 2.13. The number of nitrogen functional groups attached to an aromatic ring is 1. The Morgan fingerprint density at radius 2 is 2.17 bits per heavy atom. The van der Waals surface area contributed by atoms with Gasteiger partial charge in [0.2, 0.25) is 0 Å². The number of aromatic nitrogens is 2. The van der Waals surface area contributed by atoms with Crippen LogP contribution < -0.4 is 10.5 Å². The smallest absolute Gasteiger partial charge is 0.136 e. The van der Waals surface area contributed by atoms with Crippen molar-refractivity contribution in [1.29, 1.82) is 0 Å². The Hall–Kier alpha value is -1.49. The van der Waals surface area contributed by atoms with Crippen LogP contribution in [0.1, 0.15) is 12.5 Å². The number of ether oxygens (including phenoxy) is 1. The molecule has 0 amide bonds. The minimum Gasteiger partial charge on any atom is -0.494 e. The molecule has 2 rings (SSSR count). The SMILES string of the molecule is CCOc1ccc(-c2nn(C)c(N)c2Br)cc1C. The average molecular weight is 310 g/mol. The van der Waals surface area contributed by atoms with Gasteiger partial charge in [-0.2, -0.15) is 5.10 Å². The number of halogens is 1. The van der Waals surface area contributed by atoms with Crippen LogP contribution >= 0.6 is 15.9 Å². The lowest BCUT2D eigenvalue weighted by atomic mass is 10.1. The molecule has 0 aliphatic heterocycles. The van der Waals surface area contributed by atoms with Crippen LogP contribution in [0.3, 0.4) is 0 Å². The van der Waals surface area contributed by atoms with Crippen LogP contribution in [-0.4, -0.2) is 16.4 Å². The van der Waals surface area contributed by atoms with E-state index < -0.39 is 0 Å². The molecule has 0 aliphatic carbocycles. The quantitative estimate of drug-likeness (QED) is 0.947. The largest absolute Gasteiger partial charge is 0.494 e. The molecule has 2 N–H and O–H groups in total. The highest BCUT2D eigenvalue weighted by atomic mass is 79.9. The van der Waals surface area contributed by atoms with Crippen molar-refractivity contribution in [2.24, 2.45) is 7.05 Å². The van der Waals surface area contributed by atoms with Crippen molar-refractivity contribution in [3.63, 3.8) is 0 Å². The van der Waals surface area contributed by atoms with E-state index >= 15 is 0 Å². The lowest BCUT2D eigenvalue weighted by molar-refractivity contribution is 0.338. The first-order valence-electron chi connectivity index (χ1n) is 5.76. The number of benzene rings is 1. The van der Waals surface area contributed by atoms with Crippen molar-refractivity contribution in [2.75, 3.05) is 12.3 Å². The lowest BCUT2D eigenvalue weighted by Crippen LogP contribution is -1.97. The molecule has 5 heteroatoms. The second-order valence-corrected chi connectivity index (χ2v) is 4.88. The third-order valence-corrected chi connectivity index (χ3v) is 3.56. The Kier molecular flexibility index (Phi) is 3.61. The summed E-state index contributed by atoms with van der Waals surface area (Å²) in [6.07, 6.45) is 0. The van der Waals surface area contributed by atoms with Gasteiger partial charge < -0.3 is 10.5 Å². The highest BCUT2D eigenvalue weighted by molar-refractivity contribution is 9.10. The Morgan fingerprint density at radius 1 is 1.44 bits per heavy atom. The van der Waals surface area contributed by atoms with Gasteiger partial charge in [0.25, 0.3) is 0 Å². The summed E-state index contributed by atoms with van der Waals surface area (Å²) in [5.74, 6) is 1.53. The van der Waals surface area contributed by atoms with E-state index in [2.05, 4.69) is 27.1 Å². The van der Waals surface area contributed by atoms with Crippen molar-refractivity contribution < 1.29 is 4.74 Å². The summed E-state index contributed by atoms with van der Waals surface area (Å²) in [6.45, 7) is 4.67. The Balaban J connectivity index is 2.45. The monoisotopic (exact) mass is 309 g/mol. The maximum absolute atomic E-state index is 5.88. The molecule has 0 fully saturated rings. The molecule has 0 spiro atoms.